The van der Waals surface area contributed by atoms with Crippen molar-refractivity contribution in [3.8, 4) is 0 Å². The Bertz CT molecular complexity index is 721. The van der Waals surface area contributed by atoms with Crippen LogP contribution in [0.5, 0.6) is 0 Å². The first-order valence-electron chi connectivity index (χ1n) is 8.73. The van der Waals surface area contributed by atoms with Crippen LogP contribution >= 0.6 is 24.2 Å². The summed E-state index contributed by atoms with van der Waals surface area (Å²) in [5, 5.41) is 8.76. The zero-order chi connectivity index (χ0) is 18.8. The second-order valence-electron chi connectivity index (χ2n) is 5.91. The Hall–Kier alpha value is -2.02. The van der Waals surface area contributed by atoms with Crippen LogP contribution in [0.4, 0.5) is 11.4 Å². The van der Waals surface area contributed by atoms with Crippen LogP contribution < -0.4 is 16.0 Å². The summed E-state index contributed by atoms with van der Waals surface area (Å²) in [7, 11) is 0. The van der Waals surface area contributed by atoms with Gasteiger partial charge in [-0.3, -0.25) is 9.59 Å². The normalized spacial score (nSPS) is 10.0. The molecule has 7 heteroatoms. The van der Waals surface area contributed by atoms with Crippen LogP contribution in [0.25, 0.3) is 0 Å². The highest BCUT2D eigenvalue weighted by molar-refractivity contribution is 7.99. The second kappa shape index (κ2) is 12.4. The summed E-state index contributed by atoms with van der Waals surface area (Å²) in [6.07, 6.45) is 2.19. The van der Waals surface area contributed by atoms with Gasteiger partial charge in [-0.2, -0.15) is 0 Å². The molecular formula is C20H26ClN3O2S. The summed E-state index contributed by atoms with van der Waals surface area (Å²) < 4.78 is 0. The first kappa shape index (κ1) is 23.0. The van der Waals surface area contributed by atoms with Crippen molar-refractivity contribution < 1.29 is 9.59 Å². The van der Waals surface area contributed by atoms with Crippen molar-refractivity contribution in [1.82, 2.24) is 5.32 Å². The number of hydrogen-bond acceptors (Lipinski definition) is 4. The van der Waals surface area contributed by atoms with Crippen molar-refractivity contribution in [2.24, 2.45) is 0 Å². The third-order valence-electron chi connectivity index (χ3n) is 3.54. The van der Waals surface area contributed by atoms with Gasteiger partial charge >= 0.3 is 0 Å². The number of halogens is 1. The molecule has 0 spiro atoms. The topological polar surface area (TPSA) is 70.2 Å². The Kier molecular flexibility index (Phi) is 10.6. The summed E-state index contributed by atoms with van der Waals surface area (Å²) >= 11 is 1.62. The predicted molar refractivity (Wildman–Crippen MR) is 115 cm³/mol. The van der Waals surface area contributed by atoms with E-state index in [-0.39, 0.29) is 24.2 Å². The molecule has 0 heterocycles. The molecule has 3 N–H and O–H groups in total. The molecule has 0 fully saturated rings. The number of unbranched alkanes of at least 4 members (excludes halogenated alkanes) is 1. The number of benzene rings is 2. The lowest BCUT2D eigenvalue weighted by Gasteiger charge is -2.08. The molecule has 0 saturated carbocycles. The molecule has 27 heavy (non-hydrogen) atoms. The second-order valence-corrected chi connectivity index (χ2v) is 7.06. The van der Waals surface area contributed by atoms with Gasteiger partial charge in [0, 0.05) is 28.1 Å². The molecule has 0 atom stereocenters. The zero-order valence-corrected chi connectivity index (χ0v) is 17.2. The summed E-state index contributed by atoms with van der Waals surface area (Å²) in [6, 6.07) is 15.4. The number of rotatable bonds is 9. The van der Waals surface area contributed by atoms with E-state index < -0.39 is 0 Å². The van der Waals surface area contributed by atoms with Gasteiger partial charge in [0.1, 0.15) is 0 Å². The lowest BCUT2D eigenvalue weighted by Crippen LogP contribution is -2.28. The molecule has 0 radical (unpaired) electrons. The average Bonchev–Trinajstić information content (AvgIpc) is 2.62. The lowest BCUT2D eigenvalue weighted by molar-refractivity contribution is -0.115. The highest BCUT2D eigenvalue weighted by atomic mass is 35.5. The number of carbonyl (C=O) groups is 2. The molecule has 0 bridgehead atoms. The highest BCUT2D eigenvalue weighted by Crippen LogP contribution is 2.29. The van der Waals surface area contributed by atoms with Crippen molar-refractivity contribution in [1.29, 1.82) is 0 Å². The van der Waals surface area contributed by atoms with Crippen molar-refractivity contribution in [3.63, 3.8) is 0 Å². The largest absolute Gasteiger partial charge is 0.326 e. The summed E-state index contributed by atoms with van der Waals surface area (Å²) in [5.74, 6) is -0.112. The first-order valence-corrected chi connectivity index (χ1v) is 9.54. The van der Waals surface area contributed by atoms with Gasteiger partial charge in [0.15, 0.2) is 0 Å². The van der Waals surface area contributed by atoms with Crippen molar-refractivity contribution in [2.75, 3.05) is 23.7 Å². The molecular weight excluding hydrogens is 382 g/mol. The minimum Gasteiger partial charge on any atom is -0.326 e. The van der Waals surface area contributed by atoms with E-state index in [4.69, 9.17) is 0 Å². The Morgan fingerprint density at radius 3 is 1.89 bits per heavy atom. The summed E-state index contributed by atoms with van der Waals surface area (Å²) in [4.78, 5) is 25.0. The smallest absolute Gasteiger partial charge is 0.238 e. The lowest BCUT2D eigenvalue weighted by atomic mass is 10.3. The first-order chi connectivity index (χ1) is 12.6. The van der Waals surface area contributed by atoms with E-state index in [0.29, 0.717) is 6.54 Å². The summed E-state index contributed by atoms with van der Waals surface area (Å²) in [6.45, 7) is 4.81. The quantitative estimate of drug-likeness (QED) is 0.533. The Morgan fingerprint density at radius 2 is 1.41 bits per heavy atom. The van der Waals surface area contributed by atoms with Gasteiger partial charge < -0.3 is 16.0 Å². The van der Waals surface area contributed by atoms with E-state index in [2.05, 4.69) is 22.9 Å². The maximum atomic E-state index is 11.9. The molecule has 2 aromatic carbocycles. The standard InChI is InChI=1S/C20H25N3O2S.ClH/c1-3-4-13-21-14-20(25)23-17-7-11-19(12-8-17)26-18-9-5-16(6-10-18)22-15(2)24;/h5-12,21H,3-4,13-14H2,1-2H3,(H,22,24)(H,23,25);1H. The molecule has 0 aromatic heterocycles. The number of nitrogens with one attached hydrogen (secondary N) is 3. The molecule has 146 valence electrons. The molecule has 0 aliphatic rings. The molecule has 2 aromatic rings. The van der Waals surface area contributed by atoms with Gasteiger partial charge in [-0.25, -0.2) is 0 Å². The van der Waals surface area contributed by atoms with E-state index in [1.54, 1.807) is 11.8 Å². The molecule has 2 rings (SSSR count). The van der Waals surface area contributed by atoms with Gasteiger partial charge in [-0.15, -0.1) is 12.4 Å². The third kappa shape index (κ3) is 8.95. The van der Waals surface area contributed by atoms with E-state index in [9.17, 15) is 9.59 Å². The average molecular weight is 408 g/mol. The van der Waals surface area contributed by atoms with Crippen LogP contribution in [0.15, 0.2) is 58.3 Å². The van der Waals surface area contributed by atoms with Gasteiger partial charge in [0.2, 0.25) is 11.8 Å². The summed E-state index contributed by atoms with van der Waals surface area (Å²) in [5.41, 5.74) is 1.57. The van der Waals surface area contributed by atoms with Gasteiger partial charge in [-0.05, 0) is 61.5 Å². The minimum atomic E-state index is -0.0800. The Balaban J connectivity index is 0.00000364. The van der Waals surface area contributed by atoms with Crippen LogP contribution in [0.3, 0.4) is 0 Å². The fourth-order valence-electron chi connectivity index (χ4n) is 2.26. The van der Waals surface area contributed by atoms with Crippen LogP contribution in [-0.4, -0.2) is 24.9 Å². The van der Waals surface area contributed by atoms with Gasteiger partial charge in [0.05, 0.1) is 6.54 Å². The van der Waals surface area contributed by atoms with E-state index >= 15 is 0 Å². The molecule has 0 saturated heterocycles. The van der Waals surface area contributed by atoms with E-state index in [0.717, 1.165) is 40.6 Å². The maximum absolute atomic E-state index is 11.9. The Labute approximate surface area is 171 Å². The maximum Gasteiger partial charge on any atom is 0.238 e. The molecule has 0 unspecified atom stereocenters. The zero-order valence-electron chi connectivity index (χ0n) is 15.6. The Morgan fingerprint density at radius 1 is 0.889 bits per heavy atom. The number of amides is 2. The van der Waals surface area contributed by atoms with E-state index in [1.807, 2.05) is 48.5 Å². The highest BCUT2D eigenvalue weighted by Gasteiger charge is 2.03. The van der Waals surface area contributed by atoms with Crippen LogP contribution in [0.2, 0.25) is 0 Å². The number of hydrogen-bond donors (Lipinski definition) is 3. The monoisotopic (exact) mass is 407 g/mol. The number of carbonyl (C=O) groups excluding carboxylic acids is 2. The molecule has 0 aliphatic carbocycles. The van der Waals surface area contributed by atoms with Crippen LogP contribution in [-0.2, 0) is 9.59 Å². The SMILES string of the molecule is CCCCNCC(=O)Nc1ccc(Sc2ccc(NC(C)=O)cc2)cc1.Cl. The third-order valence-corrected chi connectivity index (χ3v) is 4.56. The molecule has 2 amide bonds. The van der Waals surface area contributed by atoms with Gasteiger partial charge in [-0.1, -0.05) is 25.1 Å². The fourth-order valence-corrected chi connectivity index (χ4v) is 3.08. The van der Waals surface area contributed by atoms with Gasteiger partial charge in [0.25, 0.3) is 0 Å². The van der Waals surface area contributed by atoms with E-state index in [1.165, 1.54) is 6.92 Å². The molecule has 0 aliphatic heterocycles. The molecule has 5 nitrogen and oxygen atoms in total. The number of anilines is 2. The van der Waals surface area contributed by atoms with Crippen LogP contribution in [0, 0.1) is 0 Å². The predicted octanol–water partition coefficient (Wildman–Crippen LogP) is 4.55. The minimum absolute atomic E-state index is 0. The van der Waals surface area contributed by atoms with Crippen molar-refractivity contribution >= 4 is 47.4 Å². The van der Waals surface area contributed by atoms with Crippen LogP contribution in [0.1, 0.15) is 26.7 Å². The van der Waals surface area contributed by atoms with Crippen molar-refractivity contribution in [3.05, 3.63) is 48.5 Å². The fraction of sp³-hybridized carbons (Fsp3) is 0.300. The van der Waals surface area contributed by atoms with Crippen molar-refractivity contribution in [2.45, 2.75) is 36.5 Å².